The highest BCUT2D eigenvalue weighted by Gasteiger charge is 2.28. The van der Waals surface area contributed by atoms with Gasteiger partial charge in [0.25, 0.3) is 0 Å². The molecule has 1 aliphatic rings. The van der Waals surface area contributed by atoms with Crippen LogP contribution in [0.5, 0.6) is 6.01 Å². The molecule has 1 aromatic rings. The minimum atomic E-state index is -0.174. The first kappa shape index (κ1) is 13.3. The smallest absolute Gasteiger partial charge is 0.322 e. The number of nitrogens with zero attached hydrogens (tertiary/aromatic N) is 3. The number of aromatic nitrogens is 3. The van der Waals surface area contributed by atoms with Gasteiger partial charge in [0.15, 0.2) is 0 Å². The molecule has 1 saturated heterocycles. The molecule has 1 fully saturated rings. The van der Waals surface area contributed by atoms with Gasteiger partial charge in [-0.25, -0.2) is 0 Å². The van der Waals surface area contributed by atoms with Crippen molar-refractivity contribution >= 4 is 17.5 Å². The summed E-state index contributed by atoms with van der Waals surface area (Å²) >= 11 is 5.84. The Morgan fingerprint density at radius 3 is 2.94 bits per heavy atom. The van der Waals surface area contributed by atoms with Crippen LogP contribution in [-0.4, -0.2) is 40.3 Å². The Balaban J connectivity index is 2.12. The highest BCUT2D eigenvalue weighted by Crippen LogP contribution is 2.23. The Morgan fingerprint density at radius 2 is 2.28 bits per heavy atom. The van der Waals surface area contributed by atoms with Gasteiger partial charge in [-0.3, -0.25) is 0 Å². The van der Waals surface area contributed by atoms with Crippen LogP contribution >= 0.6 is 11.6 Å². The van der Waals surface area contributed by atoms with E-state index in [4.69, 9.17) is 21.1 Å². The molecule has 0 radical (unpaired) electrons. The maximum atomic E-state index is 5.84. The molecule has 0 amide bonds. The summed E-state index contributed by atoms with van der Waals surface area (Å²) in [6, 6.07) is 0.236. The van der Waals surface area contributed by atoms with E-state index in [1.807, 2.05) is 6.92 Å². The number of rotatable bonds is 4. The van der Waals surface area contributed by atoms with Crippen molar-refractivity contribution in [1.29, 1.82) is 0 Å². The predicted molar refractivity (Wildman–Crippen MR) is 68.1 cm³/mol. The first-order valence-corrected chi connectivity index (χ1v) is 6.39. The van der Waals surface area contributed by atoms with E-state index in [-0.39, 0.29) is 16.8 Å². The second-order valence-corrected chi connectivity index (χ2v) is 4.82. The zero-order chi connectivity index (χ0) is 13.0. The number of anilines is 1. The summed E-state index contributed by atoms with van der Waals surface area (Å²) in [4.78, 5) is 12.1. The lowest BCUT2D eigenvalue weighted by molar-refractivity contribution is 0.0537. The minimum Gasteiger partial charge on any atom is -0.464 e. The van der Waals surface area contributed by atoms with Gasteiger partial charge in [-0.1, -0.05) is 0 Å². The Morgan fingerprint density at radius 1 is 1.44 bits per heavy atom. The molecule has 0 bridgehead atoms. The van der Waals surface area contributed by atoms with Crippen LogP contribution < -0.4 is 10.1 Å². The van der Waals surface area contributed by atoms with Crippen LogP contribution in [0, 0.1) is 0 Å². The van der Waals surface area contributed by atoms with Gasteiger partial charge in [0, 0.05) is 6.61 Å². The average Bonchev–Trinajstić information content (AvgIpc) is 2.28. The maximum absolute atomic E-state index is 5.84. The SMILES string of the molecule is CCOc1nc(Cl)nc(NC2(C)CCCOC2)n1. The number of nitrogens with one attached hydrogen (secondary N) is 1. The van der Waals surface area contributed by atoms with Gasteiger partial charge in [-0.05, 0) is 38.3 Å². The molecule has 1 unspecified atom stereocenters. The number of ether oxygens (including phenoxy) is 2. The highest BCUT2D eigenvalue weighted by molar-refractivity contribution is 6.28. The van der Waals surface area contributed by atoms with E-state index in [1.165, 1.54) is 0 Å². The van der Waals surface area contributed by atoms with Crippen molar-refractivity contribution in [3.8, 4) is 6.01 Å². The molecular weight excluding hydrogens is 256 g/mol. The lowest BCUT2D eigenvalue weighted by Crippen LogP contribution is -2.43. The molecule has 2 heterocycles. The second kappa shape index (κ2) is 5.67. The molecule has 18 heavy (non-hydrogen) atoms. The fourth-order valence-electron chi connectivity index (χ4n) is 1.88. The van der Waals surface area contributed by atoms with Gasteiger partial charge in [-0.2, -0.15) is 15.0 Å². The summed E-state index contributed by atoms with van der Waals surface area (Å²) < 4.78 is 10.7. The maximum Gasteiger partial charge on any atom is 0.322 e. The van der Waals surface area contributed by atoms with Gasteiger partial charge in [0.1, 0.15) is 0 Å². The van der Waals surface area contributed by atoms with Crippen molar-refractivity contribution in [3.05, 3.63) is 5.28 Å². The molecule has 1 atom stereocenters. The number of hydrogen-bond donors (Lipinski definition) is 1. The van der Waals surface area contributed by atoms with E-state index in [1.54, 1.807) is 0 Å². The van der Waals surface area contributed by atoms with E-state index in [2.05, 4.69) is 27.2 Å². The standard InChI is InChI=1S/C11H17ClN4O2/c1-3-18-10-14-8(12)13-9(15-10)16-11(2)5-4-6-17-7-11/h3-7H2,1-2H3,(H,13,14,15,16). The first-order valence-electron chi connectivity index (χ1n) is 6.01. The molecular formula is C11H17ClN4O2. The Labute approximate surface area is 111 Å². The van der Waals surface area contributed by atoms with Crippen molar-refractivity contribution in [2.45, 2.75) is 32.2 Å². The van der Waals surface area contributed by atoms with Crippen LogP contribution in [-0.2, 0) is 4.74 Å². The summed E-state index contributed by atoms with van der Waals surface area (Å²) in [5, 5.41) is 3.37. The van der Waals surface area contributed by atoms with Crippen molar-refractivity contribution < 1.29 is 9.47 Å². The number of hydrogen-bond acceptors (Lipinski definition) is 6. The molecule has 1 N–H and O–H groups in total. The van der Waals surface area contributed by atoms with Gasteiger partial charge in [0.05, 0.1) is 18.8 Å². The van der Waals surface area contributed by atoms with Gasteiger partial charge >= 0.3 is 6.01 Å². The van der Waals surface area contributed by atoms with E-state index >= 15 is 0 Å². The Kier molecular flexibility index (Phi) is 4.19. The molecule has 1 aliphatic heterocycles. The van der Waals surface area contributed by atoms with Gasteiger partial charge < -0.3 is 14.8 Å². The van der Waals surface area contributed by atoms with E-state index in [0.717, 1.165) is 19.4 Å². The van der Waals surface area contributed by atoms with Crippen LogP contribution in [0.15, 0.2) is 0 Å². The fourth-order valence-corrected chi connectivity index (χ4v) is 2.04. The van der Waals surface area contributed by atoms with E-state index in [9.17, 15) is 0 Å². The lowest BCUT2D eigenvalue weighted by atomic mass is 9.95. The van der Waals surface area contributed by atoms with Gasteiger partial charge in [0.2, 0.25) is 11.2 Å². The summed E-state index contributed by atoms with van der Waals surface area (Å²) in [7, 11) is 0. The van der Waals surface area contributed by atoms with Crippen LogP contribution in [0.25, 0.3) is 0 Å². The third-order valence-electron chi connectivity index (χ3n) is 2.71. The topological polar surface area (TPSA) is 69.2 Å². The molecule has 0 aliphatic carbocycles. The Hall–Kier alpha value is -1.14. The molecule has 6 nitrogen and oxygen atoms in total. The van der Waals surface area contributed by atoms with Crippen molar-refractivity contribution in [1.82, 2.24) is 15.0 Å². The largest absolute Gasteiger partial charge is 0.464 e. The Bertz CT molecular complexity index is 410. The summed E-state index contributed by atoms with van der Waals surface area (Å²) in [6.45, 7) is 5.85. The zero-order valence-electron chi connectivity index (χ0n) is 10.6. The zero-order valence-corrected chi connectivity index (χ0v) is 11.3. The van der Waals surface area contributed by atoms with Crippen molar-refractivity contribution in [2.75, 3.05) is 25.1 Å². The summed E-state index contributed by atoms with van der Waals surface area (Å²) in [5.74, 6) is 0.423. The third-order valence-corrected chi connectivity index (χ3v) is 2.88. The van der Waals surface area contributed by atoms with E-state index in [0.29, 0.717) is 19.2 Å². The predicted octanol–water partition coefficient (Wildman–Crippen LogP) is 1.90. The average molecular weight is 273 g/mol. The second-order valence-electron chi connectivity index (χ2n) is 4.49. The number of halogens is 1. The lowest BCUT2D eigenvalue weighted by Gasteiger charge is -2.34. The fraction of sp³-hybridized carbons (Fsp3) is 0.727. The molecule has 2 rings (SSSR count). The third kappa shape index (κ3) is 3.43. The summed E-state index contributed by atoms with van der Waals surface area (Å²) in [5.41, 5.74) is -0.174. The highest BCUT2D eigenvalue weighted by atomic mass is 35.5. The molecule has 7 heteroatoms. The molecule has 100 valence electrons. The quantitative estimate of drug-likeness (QED) is 0.903. The molecule has 0 aromatic carbocycles. The molecule has 0 spiro atoms. The van der Waals surface area contributed by atoms with E-state index < -0.39 is 0 Å². The van der Waals surface area contributed by atoms with Crippen molar-refractivity contribution in [2.24, 2.45) is 0 Å². The minimum absolute atomic E-state index is 0.122. The van der Waals surface area contributed by atoms with Crippen LogP contribution in [0.1, 0.15) is 26.7 Å². The molecule has 1 aromatic heterocycles. The first-order chi connectivity index (χ1) is 8.61. The normalized spacial score (nSPS) is 23.7. The van der Waals surface area contributed by atoms with Gasteiger partial charge in [-0.15, -0.1) is 0 Å². The van der Waals surface area contributed by atoms with Crippen LogP contribution in [0.4, 0.5) is 5.95 Å². The molecule has 0 saturated carbocycles. The summed E-state index contributed by atoms with van der Waals surface area (Å²) in [6.07, 6.45) is 2.01. The van der Waals surface area contributed by atoms with Crippen LogP contribution in [0.3, 0.4) is 0 Å². The van der Waals surface area contributed by atoms with Crippen molar-refractivity contribution in [3.63, 3.8) is 0 Å². The monoisotopic (exact) mass is 272 g/mol. The van der Waals surface area contributed by atoms with Crippen LogP contribution in [0.2, 0.25) is 5.28 Å².